The number of carboxylic acid groups (broad SMARTS) is 2. The number of esters is 3. The summed E-state index contributed by atoms with van der Waals surface area (Å²) in [6.45, 7) is 1.93. The topological polar surface area (TPSA) is 374 Å². The predicted octanol–water partition coefficient (Wildman–Crippen LogP) is 19.6. The van der Waals surface area contributed by atoms with Crippen molar-refractivity contribution in [2.45, 2.75) is 82.2 Å². The van der Waals surface area contributed by atoms with Crippen molar-refractivity contribution in [3.05, 3.63) is 442 Å². The summed E-state index contributed by atoms with van der Waals surface area (Å²) in [5.74, 6) is 3.01. The number of phenols is 2. The van der Waals surface area contributed by atoms with E-state index in [1.54, 1.807) is 93.9 Å². The van der Waals surface area contributed by atoms with Gasteiger partial charge in [-0.05, 0) is 259 Å². The molecule has 0 bridgehead atoms. The maximum Gasteiger partial charge on any atom is 0.327 e. The van der Waals surface area contributed by atoms with Crippen molar-refractivity contribution >= 4 is 38.3 Å². The lowest BCUT2D eigenvalue weighted by Crippen LogP contribution is -2.26. The van der Waals surface area contributed by atoms with Crippen LogP contribution in [0.5, 0.6) is 57.5 Å². The molecule has 0 aliphatic carbocycles. The number of aliphatic carboxylic acids is 2. The van der Waals surface area contributed by atoms with Gasteiger partial charge in [-0.1, -0.05) is 250 Å². The van der Waals surface area contributed by atoms with Crippen molar-refractivity contribution in [3.8, 4) is 57.5 Å². The molecule has 3 radical (unpaired) electrons. The van der Waals surface area contributed by atoms with Gasteiger partial charge >= 0.3 is 29.8 Å². The number of carboxylic acids is 2. The van der Waals surface area contributed by atoms with Crippen molar-refractivity contribution in [1.29, 1.82) is 0 Å². The fraction of sp³-hybridized carbons (Fsp3) is 0.198. The van der Waals surface area contributed by atoms with Crippen molar-refractivity contribution in [2.24, 2.45) is 17.2 Å². The highest BCUT2D eigenvalue weighted by Crippen LogP contribution is 2.31. The molecule has 15 rings (SSSR count). The molecule has 1 aliphatic heterocycles. The van der Waals surface area contributed by atoms with Gasteiger partial charge in [0, 0.05) is 21.6 Å². The van der Waals surface area contributed by atoms with E-state index in [1.807, 2.05) is 158 Å². The number of hydrogen-bond acceptors (Lipinski definition) is 22. The van der Waals surface area contributed by atoms with Crippen LogP contribution in [0.1, 0.15) is 134 Å². The van der Waals surface area contributed by atoms with Gasteiger partial charge in [-0.3, -0.25) is 14.4 Å². The van der Waals surface area contributed by atoms with Gasteiger partial charge in [-0.15, -0.1) is 0 Å². The van der Waals surface area contributed by atoms with Crippen LogP contribution in [-0.2, 0) is 68.6 Å². The van der Waals surface area contributed by atoms with Gasteiger partial charge in [0.25, 0.3) is 0 Å². The van der Waals surface area contributed by atoms with E-state index in [1.165, 1.54) is 103 Å². The maximum atomic E-state index is 11.8. The summed E-state index contributed by atoms with van der Waals surface area (Å²) in [6, 6.07) is 111. The first-order chi connectivity index (χ1) is 65.0. The molecule has 1 saturated heterocycles. The molecule has 705 valence electrons. The molecule has 0 spiro atoms. The fourth-order valence-electron chi connectivity index (χ4n) is 13.4. The Bertz CT molecular complexity index is 5760. The second kappa shape index (κ2) is 58.8. The molecule has 25 heteroatoms. The third-order valence-corrected chi connectivity index (χ3v) is 20.8. The lowest BCUT2D eigenvalue weighted by molar-refractivity contribution is -0.144. The van der Waals surface area contributed by atoms with E-state index in [0.29, 0.717) is 33.9 Å². The number of rotatable bonds is 31. The van der Waals surface area contributed by atoms with Crippen LogP contribution in [0.3, 0.4) is 0 Å². The van der Waals surface area contributed by atoms with E-state index in [4.69, 9.17) is 71.2 Å². The highest BCUT2D eigenvalue weighted by atomic mass is 16.5. The molecule has 0 amide bonds. The van der Waals surface area contributed by atoms with Crippen LogP contribution in [0.15, 0.2) is 364 Å². The van der Waals surface area contributed by atoms with E-state index in [2.05, 4.69) is 135 Å². The zero-order valence-corrected chi connectivity index (χ0v) is 76.3. The molecule has 136 heavy (non-hydrogen) atoms. The third kappa shape index (κ3) is 36.9. The van der Waals surface area contributed by atoms with Gasteiger partial charge in [-0.25, -0.2) is 9.59 Å². The minimum absolute atomic E-state index is 0. The summed E-state index contributed by atoms with van der Waals surface area (Å²) in [5, 5.41) is 53.8. The van der Waals surface area contributed by atoms with Gasteiger partial charge in [-0.2, -0.15) is 0 Å². The Balaban J connectivity index is 0.000000223. The van der Waals surface area contributed by atoms with Gasteiger partial charge in [0.15, 0.2) is 0 Å². The molecule has 6 atom stereocenters. The standard InChI is InChI=1S/C23H23NO3.C22H21NO3.C21H19NO3.C21H21NO2.C10H13NO3.C9H11NO3.C4H8O.CH4.B/c1-24-22(23(25)26-2)19-10-14-21(15-11-19)27-20-12-8-18(9-13-20)16-17-6-4-3-5-7-17;1-23-21(22(24)25)18-9-13-20(14-10-18)26-19-11-7-17(8-12-19)15-16-5-3-2-4-6-16;22-20(21(23)24)17-8-12-19(13-9-17)25-18-10-6-16(7-11-18)14-15-4-2-1-3-5-15;22-21(15-23)18-8-12-20(13-9-18)24-19-10-6-17(7-11-19)14-16-4-2-1-3-5-16;1-11-9(10(13)14-2)7-3-5-8(12)6-4-7;1-13-9(12)8(10)6-2-4-7(11)5-3-6;1-2-4-5-3-1;;/h3-15,22,24H,16H2,1-2H3;2-14,21,23H,15H2,1H3,(H,24,25);1-13,20H,14,22H2,(H,23,24);1-13,21,23H,14-15,22H2;3-6,9,11-12H,1-2H3;2-5,8,11H,10H2,1H3;1-4H2;1H4;/t22-;21-;20-;21-;9-;8-;;;/m111011.../s1. The number of nitrogens with two attached hydrogens (primary N) is 3. The van der Waals surface area contributed by atoms with E-state index < -0.39 is 48.1 Å². The lowest BCUT2D eigenvalue weighted by Gasteiger charge is -2.14. The molecule has 1 heterocycles. The number of ether oxygens (including phenoxy) is 8. The predicted molar refractivity (Wildman–Crippen MR) is 532 cm³/mol. The number of hydrogen-bond donors (Lipinski definition) is 11. The van der Waals surface area contributed by atoms with Crippen molar-refractivity contribution in [2.75, 3.05) is 62.3 Å². The Morgan fingerprint density at radius 3 is 0.750 bits per heavy atom. The number of benzene rings is 14. The van der Waals surface area contributed by atoms with Gasteiger partial charge in [0.1, 0.15) is 87.7 Å². The van der Waals surface area contributed by atoms with Crippen molar-refractivity contribution < 1.29 is 87.4 Å². The molecular formula is C111H120BN6O18. The first-order valence-corrected chi connectivity index (χ1v) is 43.4. The summed E-state index contributed by atoms with van der Waals surface area (Å²) in [7, 11) is 9.03. The van der Waals surface area contributed by atoms with Crippen molar-refractivity contribution in [1.82, 2.24) is 16.0 Å². The molecular weight excluding hydrogens is 1720 g/mol. The van der Waals surface area contributed by atoms with Crippen LogP contribution in [0.4, 0.5) is 0 Å². The quantitative estimate of drug-likeness (QED) is 0.0109. The van der Waals surface area contributed by atoms with Crippen LogP contribution in [0.25, 0.3) is 0 Å². The summed E-state index contributed by atoms with van der Waals surface area (Å²) >= 11 is 0. The number of phenolic OH excluding ortho intramolecular Hbond substituents is 2. The first-order valence-electron chi connectivity index (χ1n) is 43.4. The Morgan fingerprint density at radius 2 is 0.522 bits per heavy atom. The second-order valence-corrected chi connectivity index (χ2v) is 30.6. The number of aliphatic hydroxyl groups is 1. The van der Waals surface area contributed by atoms with E-state index in [9.17, 15) is 24.0 Å². The largest absolute Gasteiger partial charge is 0.508 e. The SMILES string of the molecule is C.C1CCOC1.CN[C@@H](C(=O)O)c1ccc(Oc2ccc(Cc3ccccc3)cc2)cc1.CN[C@@H](C(=O)OC)c1ccc(O)cc1.CN[C@@H](C(=O)OC)c1ccc(Oc2ccc(Cc3ccccc3)cc2)cc1.COC(=O)[C@H](N)c1ccc(O)cc1.N[C@@H](C(=O)O)c1ccc(Oc2ccc(Cc3ccccc3)cc2)cc1.N[C@@H](CO)c1ccc(Oc2ccc(Cc3ccccc3)cc2)cc1.[B]. The number of methoxy groups -OCH3 is 3. The average Bonchev–Trinajstić information content (AvgIpc) is 0.868. The Kier molecular flexibility index (Phi) is 46.7. The summed E-state index contributed by atoms with van der Waals surface area (Å²) in [5.41, 5.74) is 31.3. The number of aliphatic hydroxyl groups excluding tert-OH is 1. The second-order valence-electron chi connectivity index (χ2n) is 30.6. The molecule has 0 unspecified atom stereocenters. The van der Waals surface area contributed by atoms with E-state index in [0.717, 1.165) is 84.3 Å². The maximum absolute atomic E-state index is 11.8. The van der Waals surface area contributed by atoms with Crippen LogP contribution in [0.2, 0.25) is 0 Å². The summed E-state index contributed by atoms with van der Waals surface area (Å²) in [6.07, 6.45) is 6.13. The van der Waals surface area contributed by atoms with Crippen LogP contribution in [-0.4, -0.2) is 126 Å². The number of aromatic hydroxyl groups is 2. The number of likely N-dealkylation sites (N-methyl/N-ethyl adjacent to an activating group) is 3. The smallest absolute Gasteiger partial charge is 0.327 e. The summed E-state index contributed by atoms with van der Waals surface area (Å²) in [4.78, 5) is 56.1. The molecule has 14 aromatic carbocycles. The zero-order valence-electron chi connectivity index (χ0n) is 76.3. The minimum atomic E-state index is -1.05. The van der Waals surface area contributed by atoms with Crippen molar-refractivity contribution in [3.63, 3.8) is 0 Å². The molecule has 1 fully saturated rings. The first kappa shape index (κ1) is 108. The number of nitrogens with one attached hydrogen (secondary N) is 3. The number of carbonyl (C=O) groups is 5. The fourth-order valence-corrected chi connectivity index (χ4v) is 13.4. The molecule has 14 N–H and O–H groups in total. The minimum Gasteiger partial charge on any atom is -0.508 e. The van der Waals surface area contributed by atoms with Gasteiger partial charge in [0.05, 0.1) is 34.0 Å². The molecule has 14 aromatic rings. The normalized spacial score (nSPS) is 12.1. The Labute approximate surface area is 798 Å². The zero-order chi connectivity index (χ0) is 95.8. The van der Waals surface area contributed by atoms with Gasteiger partial charge in [0.2, 0.25) is 0 Å². The summed E-state index contributed by atoms with van der Waals surface area (Å²) < 4.78 is 42.2. The van der Waals surface area contributed by atoms with Crippen LogP contribution < -0.4 is 52.1 Å². The average molecular weight is 1840 g/mol. The highest BCUT2D eigenvalue weighted by molar-refractivity contribution is 5.79. The lowest BCUT2D eigenvalue weighted by atomic mass is 10.1. The Morgan fingerprint density at radius 1 is 0.301 bits per heavy atom. The third-order valence-electron chi connectivity index (χ3n) is 20.8. The van der Waals surface area contributed by atoms with Crippen LogP contribution in [0, 0.1) is 0 Å². The number of carbonyl (C=O) groups excluding carboxylic acids is 3. The highest BCUT2D eigenvalue weighted by Gasteiger charge is 2.23. The molecule has 0 saturated carbocycles. The molecule has 1 aliphatic rings. The van der Waals surface area contributed by atoms with E-state index in [-0.39, 0.29) is 51.9 Å². The van der Waals surface area contributed by atoms with Gasteiger partial charge < -0.3 is 96.6 Å². The monoisotopic (exact) mass is 1840 g/mol. The molecule has 24 nitrogen and oxygen atoms in total. The Hall–Kier alpha value is -15.0. The van der Waals surface area contributed by atoms with Crippen LogP contribution >= 0.6 is 0 Å². The molecule has 0 aromatic heterocycles. The van der Waals surface area contributed by atoms with E-state index >= 15 is 0 Å².